The van der Waals surface area contributed by atoms with Crippen molar-refractivity contribution in [2.75, 3.05) is 37.4 Å². The molecule has 21 heavy (non-hydrogen) atoms. The minimum Gasteiger partial charge on any atom is -0.396 e. The molecule has 0 atom stereocenters. The summed E-state index contributed by atoms with van der Waals surface area (Å²) in [5, 5.41) is 9.54. The van der Waals surface area contributed by atoms with Crippen LogP contribution in [0.5, 0.6) is 0 Å². The van der Waals surface area contributed by atoms with Gasteiger partial charge in [-0.2, -0.15) is 11.8 Å². The average molecular weight is 330 g/mol. The molecule has 1 aliphatic heterocycles. The van der Waals surface area contributed by atoms with E-state index < -0.39 is 0 Å². The molecule has 3 heterocycles. The first-order chi connectivity index (χ1) is 9.67. The molecular formula is C13H20ClN5OS. The number of nitrogens with one attached hydrogen (secondary N) is 1. The summed E-state index contributed by atoms with van der Waals surface area (Å²) < 4.78 is 0. The zero-order valence-corrected chi connectivity index (χ0v) is 13.5. The molecule has 0 radical (unpaired) electrons. The first kappa shape index (κ1) is 16.4. The first-order valence-electron chi connectivity index (χ1n) is 6.56. The second-order valence-corrected chi connectivity index (χ2v) is 6.40. The molecule has 0 aliphatic carbocycles. The zero-order chi connectivity index (χ0) is 14.2. The van der Waals surface area contributed by atoms with Crippen LogP contribution in [-0.2, 0) is 6.54 Å². The summed E-state index contributed by atoms with van der Waals surface area (Å²) >= 11 is 1.79. The fraction of sp³-hybridized carbons (Fsp3) is 0.538. The second-order valence-electron chi connectivity index (χ2n) is 5.53. The molecule has 0 unspecified atom stereocenters. The van der Waals surface area contributed by atoms with Crippen molar-refractivity contribution < 1.29 is 5.11 Å². The van der Waals surface area contributed by atoms with Crippen LogP contribution >= 0.6 is 24.2 Å². The van der Waals surface area contributed by atoms with E-state index in [-0.39, 0.29) is 24.4 Å². The van der Waals surface area contributed by atoms with Gasteiger partial charge in [-0.15, -0.1) is 12.4 Å². The van der Waals surface area contributed by atoms with Crippen molar-refractivity contribution in [3.8, 4) is 0 Å². The number of aliphatic hydroxyl groups excluding tert-OH is 1. The lowest BCUT2D eigenvalue weighted by Gasteiger charge is -2.49. The van der Waals surface area contributed by atoms with Crippen LogP contribution in [0.25, 0.3) is 11.0 Å². The summed E-state index contributed by atoms with van der Waals surface area (Å²) in [5.74, 6) is 1.49. The molecule has 116 valence electrons. The fourth-order valence-corrected chi connectivity index (χ4v) is 3.82. The van der Waals surface area contributed by atoms with Gasteiger partial charge in [0.15, 0.2) is 5.82 Å². The van der Waals surface area contributed by atoms with Crippen LogP contribution < -0.4 is 5.73 Å². The maximum atomic E-state index is 9.54. The summed E-state index contributed by atoms with van der Waals surface area (Å²) in [4.78, 5) is 13.8. The number of nitrogens with two attached hydrogens (primary N) is 1. The zero-order valence-electron chi connectivity index (χ0n) is 11.9. The second kappa shape index (κ2) is 6.39. The van der Waals surface area contributed by atoms with Crippen molar-refractivity contribution in [1.82, 2.24) is 19.9 Å². The molecular weight excluding hydrogens is 310 g/mol. The van der Waals surface area contributed by atoms with E-state index in [0.717, 1.165) is 42.0 Å². The summed E-state index contributed by atoms with van der Waals surface area (Å²) in [6.07, 6.45) is 5.53. The Morgan fingerprint density at radius 1 is 1.48 bits per heavy atom. The number of nitrogen functional groups attached to an aromatic ring is 1. The number of halogens is 1. The summed E-state index contributed by atoms with van der Waals surface area (Å²) in [6.45, 7) is 2.94. The number of thioether (sulfide) groups is 1. The largest absolute Gasteiger partial charge is 0.396 e. The van der Waals surface area contributed by atoms with Gasteiger partial charge in [-0.1, -0.05) is 0 Å². The number of aliphatic hydroxyl groups is 1. The number of likely N-dealkylation sites (tertiary alicyclic amines) is 1. The summed E-state index contributed by atoms with van der Waals surface area (Å²) in [5.41, 5.74) is 8.72. The van der Waals surface area contributed by atoms with Gasteiger partial charge < -0.3 is 15.8 Å². The normalized spacial score (nSPS) is 17.4. The number of hydrogen-bond acceptors (Lipinski definition) is 6. The molecule has 1 aliphatic rings. The van der Waals surface area contributed by atoms with Crippen LogP contribution in [0.4, 0.5) is 5.82 Å². The van der Waals surface area contributed by atoms with Gasteiger partial charge in [0.25, 0.3) is 0 Å². The van der Waals surface area contributed by atoms with Gasteiger partial charge >= 0.3 is 0 Å². The van der Waals surface area contributed by atoms with Gasteiger partial charge in [0, 0.05) is 42.6 Å². The Bertz CT molecular complexity index is 614. The molecule has 0 spiro atoms. The Balaban J connectivity index is 0.00000161. The van der Waals surface area contributed by atoms with E-state index in [1.165, 1.54) is 6.33 Å². The third-order valence-electron chi connectivity index (χ3n) is 3.87. The van der Waals surface area contributed by atoms with E-state index in [1.54, 1.807) is 11.8 Å². The lowest BCUT2D eigenvalue weighted by molar-refractivity contribution is -0.0279. The van der Waals surface area contributed by atoms with E-state index in [9.17, 15) is 5.11 Å². The molecule has 1 fully saturated rings. The molecule has 0 amide bonds. The van der Waals surface area contributed by atoms with E-state index in [2.05, 4.69) is 26.1 Å². The van der Waals surface area contributed by atoms with Crippen LogP contribution in [0.15, 0.2) is 12.5 Å². The lowest BCUT2D eigenvalue weighted by atomic mass is 9.82. The molecule has 0 bridgehead atoms. The molecule has 2 aromatic heterocycles. The van der Waals surface area contributed by atoms with Crippen LogP contribution in [-0.4, -0.2) is 56.7 Å². The highest BCUT2D eigenvalue weighted by molar-refractivity contribution is 7.98. The number of aromatic amines is 1. The Morgan fingerprint density at radius 2 is 2.24 bits per heavy atom. The van der Waals surface area contributed by atoms with Gasteiger partial charge in [0.1, 0.15) is 11.8 Å². The highest BCUT2D eigenvalue weighted by Crippen LogP contribution is 2.34. The minimum atomic E-state index is 0. The predicted molar refractivity (Wildman–Crippen MR) is 88.7 cm³/mol. The third-order valence-corrected chi connectivity index (χ3v) is 4.77. The number of nitrogens with zero attached hydrogens (tertiary/aromatic N) is 3. The highest BCUT2D eigenvalue weighted by Gasteiger charge is 2.41. The molecule has 0 aromatic carbocycles. The molecule has 2 aromatic rings. The van der Waals surface area contributed by atoms with Crippen molar-refractivity contribution in [2.24, 2.45) is 5.41 Å². The summed E-state index contributed by atoms with van der Waals surface area (Å²) in [7, 11) is 0. The fourth-order valence-electron chi connectivity index (χ4n) is 2.93. The van der Waals surface area contributed by atoms with Gasteiger partial charge in [-0.05, 0) is 6.26 Å². The topological polar surface area (TPSA) is 91.1 Å². The number of fused-ring (bicyclic) bond motifs is 1. The average Bonchev–Trinajstić information content (AvgIpc) is 2.81. The van der Waals surface area contributed by atoms with Crippen LogP contribution in [0.3, 0.4) is 0 Å². The van der Waals surface area contributed by atoms with Gasteiger partial charge in [-0.25, -0.2) is 9.97 Å². The molecule has 1 saturated heterocycles. The van der Waals surface area contributed by atoms with Crippen molar-refractivity contribution in [3.63, 3.8) is 0 Å². The maximum Gasteiger partial charge on any atom is 0.151 e. The van der Waals surface area contributed by atoms with Gasteiger partial charge in [-0.3, -0.25) is 4.90 Å². The number of H-pyrrole nitrogens is 1. The number of anilines is 1. The Kier molecular flexibility index (Phi) is 4.98. The molecule has 0 saturated carbocycles. The molecule has 3 rings (SSSR count). The van der Waals surface area contributed by atoms with E-state index in [0.29, 0.717) is 5.82 Å². The number of hydrogen-bond donors (Lipinski definition) is 3. The predicted octanol–water partition coefficient (Wildman–Crippen LogP) is 1.12. The molecule has 6 nitrogen and oxygen atoms in total. The van der Waals surface area contributed by atoms with Crippen molar-refractivity contribution in [2.45, 2.75) is 6.54 Å². The van der Waals surface area contributed by atoms with Gasteiger partial charge in [0.2, 0.25) is 0 Å². The highest BCUT2D eigenvalue weighted by atomic mass is 35.5. The lowest BCUT2D eigenvalue weighted by Crippen LogP contribution is -2.59. The Hall–Kier alpha value is -1.02. The Labute approximate surface area is 133 Å². The van der Waals surface area contributed by atoms with Crippen molar-refractivity contribution in [3.05, 3.63) is 18.1 Å². The van der Waals surface area contributed by atoms with E-state index in [1.807, 2.05) is 6.20 Å². The van der Waals surface area contributed by atoms with Gasteiger partial charge in [0.05, 0.1) is 12.1 Å². The number of aromatic nitrogens is 3. The third kappa shape index (κ3) is 2.96. The first-order valence-corrected chi connectivity index (χ1v) is 7.95. The van der Waals surface area contributed by atoms with Crippen LogP contribution in [0, 0.1) is 5.41 Å². The number of rotatable bonds is 5. The quantitative estimate of drug-likeness (QED) is 0.761. The van der Waals surface area contributed by atoms with E-state index >= 15 is 0 Å². The van der Waals surface area contributed by atoms with Crippen molar-refractivity contribution in [1.29, 1.82) is 0 Å². The monoisotopic (exact) mass is 329 g/mol. The maximum absolute atomic E-state index is 9.54. The Morgan fingerprint density at radius 3 is 2.90 bits per heavy atom. The molecule has 4 N–H and O–H groups in total. The minimum absolute atomic E-state index is 0. The summed E-state index contributed by atoms with van der Waals surface area (Å²) in [6, 6.07) is 0. The van der Waals surface area contributed by atoms with Crippen LogP contribution in [0.2, 0.25) is 0 Å². The van der Waals surface area contributed by atoms with Crippen molar-refractivity contribution >= 4 is 41.0 Å². The van der Waals surface area contributed by atoms with E-state index in [4.69, 9.17) is 5.73 Å². The van der Waals surface area contributed by atoms with Crippen LogP contribution in [0.1, 0.15) is 5.56 Å². The smallest absolute Gasteiger partial charge is 0.151 e. The standard InChI is InChI=1S/C13H19N5OS.ClH/c1-20-7-13(6-19)4-18(5-13)3-9-2-15-11-10(9)16-8-17-12(11)14;/h2,8,15,19H,3-7H2,1H3,(H2,14,16,17);1H. The SMILES string of the molecule is CSCC1(CO)CN(Cc2c[nH]c3c(N)ncnc23)C1.Cl. The molecule has 8 heteroatoms.